The molecule has 0 saturated heterocycles. The van der Waals surface area contributed by atoms with Crippen LogP contribution >= 0.6 is 0 Å². The van der Waals surface area contributed by atoms with E-state index in [1.807, 2.05) is 30.3 Å². The van der Waals surface area contributed by atoms with E-state index in [-0.39, 0.29) is 6.61 Å². The number of benzene rings is 2. The number of nitro benzene ring substituents is 3. The monoisotopic (exact) mass is 361 g/mol. The maximum absolute atomic E-state index is 11.1. The highest BCUT2D eigenvalue weighted by atomic mass is 16.6. The Morgan fingerprint density at radius 3 is 1.88 bits per heavy atom. The van der Waals surface area contributed by atoms with E-state index in [1.165, 1.54) is 0 Å². The number of unbranched alkanes of at least 4 members (excludes halogenated alkanes) is 1. The van der Waals surface area contributed by atoms with Gasteiger partial charge in [-0.3, -0.25) is 30.3 Å². The molecule has 2 aromatic carbocycles. The molecule has 0 fully saturated rings. The van der Waals surface area contributed by atoms with Gasteiger partial charge in [0.25, 0.3) is 11.4 Å². The summed E-state index contributed by atoms with van der Waals surface area (Å²) in [5, 5.41) is 33.1. The van der Waals surface area contributed by atoms with Crippen LogP contribution in [0.5, 0.6) is 5.75 Å². The first-order valence-corrected chi connectivity index (χ1v) is 7.68. The molecule has 0 radical (unpaired) electrons. The van der Waals surface area contributed by atoms with Gasteiger partial charge in [-0.15, -0.1) is 0 Å². The fourth-order valence-corrected chi connectivity index (χ4v) is 2.36. The van der Waals surface area contributed by atoms with Crippen LogP contribution in [0.15, 0.2) is 42.5 Å². The lowest BCUT2D eigenvalue weighted by molar-refractivity contribution is -0.404. The second kappa shape index (κ2) is 8.51. The second-order valence-corrected chi connectivity index (χ2v) is 5.38. The zero-order chi connectivity index (χ0) is 19.1. The van der Waals surface area contributed by atoms with Gasteiger partial charge in [-0.25, -0.2) is 0 Å². The summed E-state index contributed by atoms with van der Waals surface area (Å²) in [5.74, 6) is -0.565. The Balaban J connectivity index is 2.10. The molecule has 0 saturated carbocycles. The topological polar surface area (TPSA) is 139 Å². The van der Waals surface area contributed by atoms with Crippen LogP contribution < -0.4 is 4.74 Å². The van der Waals surface area contributed by atoms with Crippen LogP contribution in [0.3, 0.4) is 0 Å². The van der Waals surface area contributed by atoms with Crippen molar-refractivity contribution in [3.05, 3.63) is 78.4 Å². The van der Waals surface area contributed by atoms with Crippen molar-refractivity contribution in [1.82, 2.24) is 0 Å². The second-order valence-electron chi connectivity index (χ2n) is 5.38. The maximum Gasteiger partial charge on any atom is 0.325 e. The standard InChI is InChI=1S/C16H15N3O7/c20-17(21)13-10-14(18(22)23)16(15(11-13)19(24)25)26-9-5-4-8-12-6-2-1-3-7-12/h1-3,6-7,10-11H,4-5,8-9H2. The molecule has 0 atom stereocenters. The lowest BCUT2D eigenvalue weighted by Gasteiger charge is -2.07. The Bertz CT molecular complexity index is 789. The predicted molar refractivity (Wildman–Crippen MR) is 91.3 cm³/mol. The van der Waals surface area contributed by atoms with Crippen molar-refractivity contribution in [1.29, 1.82) is 0 Å². The van der Waals surface area contributed by atoms with E-state index >= 15 is 0 Å². The molecule has 26 heavy (non-hydrogen) atoms. The van der Waals surface area contributed by atoms with E-state index in [1.54, 1.807) is 0 Å². The third-order valence-corrected chi connectivity index (χ3v) is 3.59. The molecule has 0 aliphatic rings. The van der Waals surface area contributed by atoms with Gasteiger partial charge in [-0.2, -0.15) is 0 Å². The lowest BCUT2D eigenvalue weighted by atomic mass is 10.1. The highest BCUT2D eigenvalue weighted by Crippen LogP contribution is 2.40. The fraction of sp³-hybridized carbons (Fsp3) is 0.250. The van der Waals surface area contributed by atoms with Crippen molar-refractivity contribution in [2.24, 2.45) is 0 Å². The molecule has 0 N–H and O–H groups in total. The molecule has 2 rings (SSSR count). The normalized spacial score (nSPS) is 10.3. The fourth-order valence-electron chi connectivity index (χ4n) is 2.36. The Morgan fingerprint density at radius 1 is 0.808 bits per heavy atom. The maximum atomic E-state index is 11.1. The summed E-state index contributed by atoms with van der Waals surface area (Å²) in [5.41, 5.74) is -1.21. The van der Waals surface area contributed by atoms with Crippen LogP contribution in [0.25, 0.3) is 0 Å². The molecule has 2 aromatic rings. The minimum Gasteiger partial charge on any atom is -0.482 e. The van der Waals surface area contributed by atoms with Crippen molar-refractivity contribution in [2.45, 2.75) is 19.3 Å². The smallest absolute Gasteiger partial charge is 0.325 e. The van der Waals surface area contributed by atoms with Gasteiger partial charge in [0, 0.05) is 0 Å². The van der Waals surface area contributed by atoms with Gasteiger partial charge in [0.05, 0.1) is 33.5 Å². The zero-order valence-electron chi connectivity index (χ0n) is 13.6. The Hall–Kier alpha value is -3.56. The number of hydrogen-bond donors (Lipinski definition) is 0. The van der Waals surface area contributed by atoms with Crippen LogP contribution in [-0.4, -0.2) is 21.4 Å². The number of hydrogen-bond acceptors (Lipinski definition) is 7. The average Bonchev–Trinajstić information content (AvgIpc) is 2.61. The number of nitro groups is 3. The summed E-state index contributed by atoms with van der Waals surface area (Å²) in [6.07, 6.45) is 2.01. The molecule has 0 heterocycles. The first-order chi connectivity index (χ1) is 12.4. The van der Waals surface area contributed by atoms with E-state index in [0.29, 0.717) is 18.6 Å². The Morgan fingerprint density at radius 2 is 1.38 bits per heavy atom. The third kappa shape index (κ3) is 4.72. The minimum absolute atomic E-state index is 0.0202. The molecule has 136 valence electrons. The SMILES string of the molecule is O=[N+]([O-])c1cc([N+](=O)[O-])c(OCCCCc2ccccc2)c([N+](=O)[O-])c1. The van der Waals surface area contributed by atoms with Crippen molar-refractivity contribution in [3.8, 4) is 5.75 Å². The van der Waals surface area contributed by atoms with Crippen molar-refractivity contribution in [3.63, 3.8) is 0 Å². The van der Waals surface area contributed by atoms with E-state index < -0.39 is 37.6 Å². The number of non-ortho nitro benzene ring substituents is 1. The highest BCUT2D eigenvalue weighted by molar-refractivity contribution is 5.65. The molecule has 0 spiro atoms. The molecule has 0 aromatic heterocycles. The van der Waals surface area contributed by atoms with E-state index in [0.717, 1.165) is 18.4 Å². The van der Waals surface area contributed by atoms with Gasteiger partial charge in [0.1, 0.15) is 0 Å². The molecular weight excluding hydrogens is 346 g/mol. The minimum atomic E-state index is -0.931. The third-order valence-electron chi connectivity index (χ3n) is 3.59. The highest BCUT2D eigenvalue weighted by Gasteiger charge is 2.32. The predicted octanol–water partition coefficient (Wildman–Crippen LogP) is 3.81. The summed E-state index contributed by atoms with van der Waals surface area (Å²) in [4.78, 5) is 30.3. The molecule has 10 heteroatoms. The summed E-state index contributed by atoms with van der Waals surface area (Å²) in [7, 11) is 0. The Labute approximate surface area is 147 Å². The lowest BCUT2D eigenvalue weighted by Crippen LogP contribution is -2.05. The van der Waals surface area contributed by atoms with Gasteiger partial charge < -0.3 is 4.74 Å². The van der Waals surface area contributed by atoms with Gasteiger partial charge in [-0.1, -0.05) is 30.3 Å². The van der Waals surface area contributed by atoms with Gasteiger partial charge >= 0.3 is 11.4 Å². The van der Waals surface area contributed by atoms with Crippen LogP contribution in [0.1, 0.15) is 18.4 Å². The summed E-state index contributed by atoms with van der Waals surface area (Å²) < 4.78 is 5.26. The quantitative estimate of drug-likeness (QED) is 0.376. The van der Waals surface area contributed by atoms with Crippen molar-refractivity contribution >= 4 is 17.1 Å². The van der Waals surface area contributed by atoms with E-state index in [4.69, 9.17) is 4.74 Å². The van der Waals surface area contributed by atoms with Crippen LogP contribution in [0.4, 0.5) is 17.1 Å². The average molecular weight is 361 g/mol. The number of aryl methyl sites for hydroxylation is 1. The summed E-state index contributed by atoms with van der Waals surface area (Å²) >= 11 is 0. The Kier molecular flexibility index (Phi) is 6.15. The largest absolute Gasteiger partial charge is 0.482 e. The first-order valence-electron chi connectivity index (χ1n) is 7.68. The summed E-state index contributed by atoms with van der Waals surface area (Å²) in [6.45, 7) is 0.0202. The summed E-state index contributed by atoms with van der Waals surface area (Å²) in [6, 6.07) is 11.0. The first kappa shape index (κ1) is 18.8. The molecule has 0 bridgehead atoms. The van der Waals surface area contributed by atoms with Gasteiger partial charge in [-0.05, 0) is 24.8 Å². The molecule has 0 amide bonds. The van der Waals surface area contributed by atoms with Crippen LogP contribution in [0.2, 0.25) is 0 Å². The molecule has 0 unspecified atom stereocenters. The van der Waals surface area contributed by atoms with E-state index in [2.05, 4.69) is 0 Å². The molecule has 0 aliphatic carbocycles. The van der Waals surface area contributed by atoms with Crippen LogP contribution in [-0.2, 0) is 6.42 Å². The van der Waals surface area contributed by atoms with Crippen molar-refractivity contribution in [2.75, 3.05) is 6.61 Å². The van der Waals surface area contributed by atoms with Crippen LogP contribution in [0, 0.1) is 30.3 Å². The van der Waals surface area contributed by atoms with Gasteiger partial charge in [0.15, 0.2) is 0 Å². The molecule has 10 nitrogen and oxygen atoms in total. The van der Waals surface area contributed by atoms with E-state index in [9.17, 15) is 30.3 Å². The number of nitrogens with zero attached hydrogens (tertiary/aromatic N) is 3. The number of rotatable bonds is 9. The number of ether oxygens (including phenoxy) is 1. The molecule has 0 aliphatic heterocycles. The molecular formula is C16H15N3O7. The zero-order valence-corrected chi connectivity index (χ0v) is 13.6. The van der Waals surface area contributed by atoms with Gasteiger partial charge in [0.2, 0.25) is 0 Å². The van der Waals surface area contributed by atoms with Crippen molar-refractivity contribution < 1.29 is 19.5 Å².